The molecule has 2 atom stereocenters. The van der Waals surface area contributed by atoms with Gasteiger partial charge in [0.05, 0.1) is 6.10 Å². The summed E-state index contributed by atoms with van der Waals surface area (Å²) in [6, 6.07) is 30.0. The molecule has 5 aromatic rings. The van der Waals surface area contributed by atoms with Gasteiger partial charge in [-0.15, -0.1) is 4.68 Å². The SMILES string of the molecule is C=C(C1CCCO1)N1CCC(c2cccc([C@H](Cc3ccccc3)c3ccc(-c4cc(Cl)ccc4-[n+]4cnn[nH]4)cn3)c2)CC1. The molecule has 2 saturated heterocycles. The zero-order valence-electron chi connectivity index (χ0n) is 25.4. The number of rotatable bonds is 9. The molecule has 8 heteroatoms. The lowest BCUT2D eigenvalue weighted by Gasteiger charge is -2.36. The Balaban J connectivity index is 1.15. The Morgan fingerprint density at radius 2 is 1.87 bits per heavy atom. The quantitative estimate of drug-likeness (QED) is 0.180. The van der Waals surface area contributed by atoms with Gasteiger partial charge >= 0.3 is 0 Å². The van der Waals surface area contributed by atoms with Gasteiger partial charge in [0.2, 0.25) is 0 Å². The van der Waals surface area contributed by atoms with Crippen LogP contribution in [0.4, 0.5) is 0 Å². The minimum atomic E-state index is 0.116. The van der Waals surface area contributed by atoms with Crippen LogP contribution in [-0.2, 0) is 11.2 Å². The molecule has 2 aromatic heterocycles. The van der Waals surface area contributed by atoms with Crippen molar-refractivity contribution in [2.45, 2.75) is 50.0 Å². The van der Waals surface area contributed by atoms with Crippen molar-refractivity contribution in [1.82, 2.24) is 25.4 Å². The molecule has 1 N–H and O–H groups in total. The number of nitrogens with zero attached hydrogens (tertiary/aromatic N) is 5. The lowest BCUT2D eigenvalue weighted by molar-refractivity contribution is -0.659. The van der Waals surface area contributed by atoms with Crippen LogP contribution in [0.2, 0.25) is 5.02 Å². The summed E-state index contributed by atoms with van der Waals surface area (Å²) in [5.41, 5.74) is 9.04. The first kappa shape index (κ1) is 29.4. The number of tetrazole rings is 1. The second-order valence-electron chi connectivity index (χ2n) is 12.1. The summed E-state index contributed by atoms with van der Waals surface area (Å²) >= 11 is 6.43. The van der Waals surface area contributed by atoms with E-state index in [1.165, 1.54) is 22.4 Å². The third kappa shape index (κ3) is 6.56. The Morgan fingerprint density at radius 1 is 1.00 bits per heavy atom. The van der Waals surface area contributed by atoms with Gasteiger partial charge in [-0.05, 0) is 79.0 Å². The molecule has 0 radical (unpaired) electrons. The minimum absolute atomic E-state index is 0.116. The maximum absolute atomic E-state index is 6.43. The van der Waals surface area contributed by atoms with Crippen molar-refractivity contribution in [3.05, 3.63) is 137 Å². The van der Waals surface area contributed by atoms with Crippen LogP contribution in [0.5, 0.6) is 0 Å². The lowest BCUT2D eigenvalue weighted by Crippen LogP contribution is -2.36. The van der Waals surface area contributed by atoms with Crippen molar-refractivity contribution >= 4 is 11.6 Å². The summed E-state index contributed by atoms with van der Waals surface area (Å²) in [4.78, 5) is 7.52. The fourth-order valence-corrected chi connectivity index (χ4v) is 7.00. The Kier molecular flexibility index (Phi) is 8.71. The van der Waals surface area contributed by atoms with E-state index in [1.807, 2.05) is 24.4 Å². The molecular weight excluding hydrogens is 580 g/mol. The van der Waals surface area contributed by atoms with E-state index < -0.39 is 0 Å². The van der Waals surface area contributed by atoms with Crippen molar-refractivity contribution in [2.24, 2.45) is 0 Å². The van der Waals surface area contributed by atoms with Crippen LogP contribution in [0.15, 0.2) is 110 Å². The molecule has 7 rings (SSSR count). The van der Waals surface area contributed by atoms with Crippen LogP contribution in [0.1, 0.15) is 59.9 Å². The number of ether oxygens (including phenoxy) is 1. The number of pyridine rings is 1. The fourth-order valence-electron chi connectivity index (χ4n) is 6.83. The molecule has 2 aliphatic heterocycles. The van der Waals surface area contributed by atoms with Crippen molar-refractivity contribution in [2.75, 3.05) is 19.7 Å². The van der Waals surface area contributed by atoms with Gasteiger partial charge in [-0.3, -0.25) is 4.98 Å². The Labute approximate surface area is 269 Å². The number of hydrogen-bond acceptors (Lipinski definition) is 5. The highest BCUT2D eigenvalue weighted by Gasteiger charge is 2.28. The summed E-state index contributed by atoms with van der Waals surface area (Å²) in [5, 5.41) is 11.3. The van der Waals surface area contributed by atoms with E-state index in [4.69, 9.17) is 21.3 Å². The molecule has 228 valence electrons. The molecule has 7 nitrogen and oxygen atoms in total. The second kappa shape index (κ2) is 13.3. The highest BCUT2D eigenvalue weighted by molar-refractivity contribution is 6.31. The Morgan fingerprint density at radius 3 is 2.60 bits per heavy atom. The van der Waals surface area contributed by atoms with Gasteiger partial charge in [0.1, 0.15) is 10.8 Å². The third-order valence-corrected chi connectivity index (χ3v) is 9.55. The molecule has 0 bridgehead atoms. The molecule has 0 aliphatic carbocycles. The summed E-state index contributed by atoms with van der Waals surface area (Å²) in [6.07, 6.45) is 9.14. The molecular formula is C37H38ClN6O+. The summed E-state index contributed by atoms with van der Waals surface area (Å²) in [5.74, 6) is 0.646. The van der Waals surface area contributed by atoms with Gasteiger partial charge in [0.25, 0.3) is 6.33 Å². The first-order chi connectivity index (χ1) is 22.1. The second-order valence-corrected chi connectivity index (χ2v) is 12.5. The van der Waals surface area contributed by atoms with Crippen molar-refractivity contribution < 1.29 is 9.42 Å². The molecule has 0 spiro atoms. The number of nitrogens with one attached hydrogen (secondary N) is 1. The maximum Gasteiger partial charge on any atom is 0.293 e. The van der Waals surface area contributed by atoms with Gasteiger partial charge in [0.15, 0.2) is 5.21 Å². The summed E-state index contributed by atoms with van der Waals surface area (Å²) in [6.45, 7) is 7.32. The highest BCUT2D eigenvalue weighted by Crippen LogP contribution is 2.36. The number of aromatic nitrogens is 5. The topological polar surface area (TPSA) is 70.8 Å². The standard InChI is InChI=1S/C37H37ClN6O/c1-26(37-11-6-20-45-37)43-18-16-28(17-19-43)29-9-5-10-30(22-29)33(21-27-7-3-2-4-8-27)35-14-12-31(24-39-35)34-23-32(38)13-15-36(34)44-25-40-41-42-44/h2-5,7-10,12-15,22-25,28,33,37H,1,6,11,16-21H2/p+1/t33-,37?/m0/s1. The smallest absolute Gasteiger partial charge is 0.293 e. The summed E-state index contributed by atoms with van der Waals surface area (Å²) < 4.78 is 7.68. The van der Waals surface area contributed by atoms with Gasteiger partial charge in [-0.25, -0.2) is 0 Å². The predicted molar refractivity (Wildman–Crippen MR) is 176 cm³/mol. The van der Waals surface area contributed by atoms with Crippen molar-refractivity contribution in [1.29, 1.82) is 0 Å². The van der Waals surface area contributed by atoms with Crippen LogP contribution >= 0.6 is 11.6 Å². The number of piperidine rings is 1. The van der Waals surface area contributed by atoms with Crippen molar-refractivity contribution in [3.63, 3.8) is 0 Å². The van der Waals surface area contributed by atoms with Crippen molar-refractivity contribution in [3.8, 4) is 16.8 Å². The van der Waals surface area contributed by atoms with Gasteiger partial charge in [0, 0.05) is 59.4 Å². The van der Waals surface area contributed by atoms with E-state index in [0.29, 0.717) is 10.9 Å². The Bertz CT molecular complexity index is 1730. The van der Waals surface area contributed by atoms with E-state index in [-0.39, 0.29) is 12.0 Å². The molecule has 2 fully saturated rings. The zero-order valence-corrected chi connectivity index (χ0v) is 26.1. The molecule has 1 unspecified atom stereocenters. The fraction of sp³-hybridized carbons (Fsp3) is 0.297. The molecule has 45 heavy (non-hydrogen) atoms. The van der Waals surface area contributed by atoms with Crippen LogP contribution in [-0.4, -0.2) is 51.2 Å². The zero-order chi connectivity index (χ0) is 30.6. The van der Waals surface area contributed by atoms with Crippen LogP contribution in [0.25, 0.3) is 16.8 Å². The Hall–Kier alpha value is -4.33. The molecule has 0 saturated carbocycles. The highest BCUT2D eigenvalue weighted by atomic mass is 35.5. The number of hydrogen-bond donors (Lipinski definition) is 1. The number of benzene rings is 3. The normalized spacial score (nSPS) is 17.8. The minimum Gasteiger partial charge on any atom is -0.373 e. The third-order valence-electron chi connectivity index (χ3n) is 9.32. The van der Waals surface area contributed by atoms with E-state index in [9.17, 15) is 0 Å². The number of H-pyrrole nitrogens is 1. The van der Waals surface area contributed by atoms with E-state index in [0.717, 1.165) is 74.3 Å². The van der Waals surface area contributed by atoms with Gasteiger partial charge in [-0.1, -0.05) is 84.1 Å². The monoisotopic (exact) mass is 617 g/mol. The lowest BCUT2D eigenvalue weighted by atomic mass is 9.83. The molecule has 0 amide bonds. The molecule has 3 aromatic carbocycles. The number of halogens is 1. The van der Waals surface area contributed by atoms with Gasteiger partial charge < -0.3 is 9.64 Å². The largest absolute Gasteiger partial charge is 0.373 e. The van der Waals surface area contributed by atoms with E-state index in [2.05, 4.69) is 93.7 Å². The van der Waals surface area contributed by atoms with Gasteiger partial charge in [-0.2, -0.15) is 0 Å². The van der Waals surface area contributed by atoms with Crippen LogP contribution in [0.3, 0.4) is 0 Å². The maximum atomic E-state index is 6.43. The number of likely N-dealkylation sites (tertiary alicyclic amines) is 1. The molecule has 4 heterocycles. The molecule has 2 aliphatic rings. The van der Waals surface area contributed by atoms with Crippen LogP contribution in [0, 0.1) is 0 Å². The first-order valence-electron chi connectivity index (χ1n) is 15.9. The average Bonchev–Trinajstić information content (AvgIpc) is 3.84. The van der Waals surface area contributed by atoms with Crippen LogP contribution < -0.4 is 4.68 Å². The average molecular weight is 618 g/mol. The predicted octanol–water partition coefficient (Wildman–Crippen LogP) is 7.04. The van der Waals surface area contributed by atoms with E-state index in [1.54, 1.807) is 11.0 Å². The summed E-state index contributed by atoms with van der Waals surface area (Å²) in [7, 11) is 0. The number of aromatic amines is 1. The van der Waals surface area contributed by atoms with E-state index >= 15 is 0 Å². The first-order valence-corrected chi connectivity index (χ1v) is 16.2.